The minimum atomic E-state index is -0.324. The van der Waals surface area contributed by atoms with Crippen molar-refractivity contribution in [3.8, 4) is 5.75 Å². The van der Waals surface area contributed by atoms with Crippen LogP contribution in [0.4, 0.5) is 4.39 Å². The Balaban J connectivity index is 1.93. The zero-order chi connectivity index (χ0) is 12.8. The number of benzene rings is 1. The van der Waals surface area contributed by atoms with Crippen molar-refractivity contribution >= 4 is 5.96 Å². The third-order valence-electron chi connectivity index (χ3n) is 2.65. The predicted molar refractivity (Wildman–Crippen MR) is 69.3 cm³/mol. The van der Waals surface area contributed by atoms with Crippen LogP contribution in [0.15, 0.2) is 23.2 Å². The highest BCUT2D eigenvalue weighted by molar-refractivity contribution is 5.80. The van der Waals surface area contributed by atoms with E-state index in [1.54, 1.807) is 6.07 Å². The van der Waals surface area contributed by atoms with E-state index in [1.807, 2.05) is 13.0 Å². The molecule has 2 N–H and O–H groups in total. The number of aliphatic imine (C=N–C) groups is 1. The summed E-state index contributed by atoms with van der Waals surface area (Å²) < 4.78 is 18.8. The van der Waals surface area contributed by atoms with Gasteiger partial charge < -0.3 is 15.4 Å². The van der Waals surface area contributed by atoms with E-state index >= 15 is 0 Å². The molecule has 2 rings (SSSR count). The Morgan fingerprint density at radius 3 is 3.06 bits per heavy atom. The van der Waals surface area contributed by atoms with Gasteiger partial charge in [-0.25, -0.2) is 4.39 Å². The average molecular weight is 251 g/mol. The molecule has 0 radical (unpaired) electrons. The largest absolute Gasteiger partial charge is 0.491 e. The normalized spacial score (nSPS) is 14.7. The van der Waals surface area contributed by atoms with Gasteiger partial charge in [-0.05, 0) is 31.0 Å². The Bertz CT molecular complexity index is 434. The molecular weight excluding hydrogens is 233 g/mol. The molecule has 0 spiro atoms. The van der Waals surface area contributed by atoms with E-state index < -0.39 is 0 Å². The molecule has 5 heteroatoms. The fourth-order valence-electron chi connectivity index (χ4n) is 1.76. The highest BCUT2D eigenvalue weighted by Gasteiger charge is 2.06. The summed E-state index contributed by atoms with van der Waals surface area (Å²) in [4.78, 5) is 4.29. The molecule has 98 valence electrons. The van der Waals surface area contributed by atoms with E-state index in [4.69, 9.17) is 4.74 Å². The number of hydrogen-bond acceptors (Lipinski definition) is 4. The van der Waals surface area contributed by atoms with E-state index in [1.165, 1.54) is 6.07 Å². The summed E-state index contributed by atoms with van der Waals surface area (Å²) >= 11 is 0. The molecule has 0 aliphatic carbocycles. The van der Waals surface area contributed by atoms with Gasteiger partial charge in [0.15, 0.2) is 17.5 Å². The Labute approximate surface area is 106 Å². The van der Waals surface area contributed by atoms with Crippen LogP contribution in [-0.4, -0.2) is 25.7 Å². The van der Waals surface area contributed by atoms with Gasteiger partial charge in [-0.2, -0.15) is 0 Å². The summed E-state index contributed by atoms with van der Waals surface area (Å²) in [7, 11) is 0. The molecule has 1 aromatic rings. The quantitative estimate of drug-likeness (QED) is 0.855. The number of guanidine groups is 1. The lowest BCUT2D eigenvalue weighted by molar-refractivity contribution is 0.321. The van der Waals surface area contributed by atoms with Crippen molar-refractivity contribution in [2.45, 2.75) is 19.9 Å². The minimum absolute atomic E-state index is 0.300. The van der Waals surface area contributed by atoms with Crippen molar-refractivity contribution < 1.29 is 9.13 Å². The predicted octanol–water partition coefficient (Wildman–Crippen LogP) is 1.66. The van der Waals surface area contributed by atoms with Gasteiger partial charge in [-0.1, -0.05) is 6.07 Å². The molecule has 1 heterocycles. The first-order valence-corrected chi connectivity index (χ1v) is 6.23. The fourth-order valence-corrected chi connectivity index (χ4v) is 1.76. The lowest BCUT2D eigenvalue weighted by Crippen LogP contribution is -2.40. The van der Waals surface area contributed by atoms with Gasteiger partial charge in [-0.3, -0.25) is 4.99 Å². The molecule has 1 aliphatic rings. The van der Waals surface area contributed by atoms with Crippen LogP contribution in [0.25, 0.3) is 0 Å². The molecule has 1 aliphatic heterocycles. The maximum Gasteiger partial charge on any atom is 0.191 e. The van der Waals surface area contributed by atoms with Crippen LogP contribution < -0.4 is 15.4 Å². The van der Waals surface area contributed by atoms with E-state index in [-0.39, 0.29) is 5.82 Å². The maximum atomic E-state index is 13.6. The SMILES string of the molecule is CCOc1ccc(CNC2=NCCCN2)cc1F. The van der Waals surface area contributed by atoms with Gasteiger partial charge >= 0.3 is 0 Å². The van der Waals surface area contributed by atoms with Crippen molar-refractivity contribution in [3.63, 3.8) is 0 Å². The molecule has 0 saturated carbocycles. The van der Waals surface area contributed by atoms with Crippen LogP contribution in [0.5, 0.6) is 5.75 Å². The Morgan fingerprint density at radius 1 is 1.50 bits per heavy atom. The van der Waals surface area contributed by atoms with Gasteiger partial charge in [-0.15, -0.1) is 0 Å². The van der Waals surface area contributed by atoms with E-state index in [2.05, 4.69) is 15.6 Å². The maximum absolute atomic E-state index is 13.6. The molecule has 0 saturated heterocycles. The lowest BCUT2D eigenvalue weighted by Gasteiger charge is -2.16. The summed E-state index contributed by atoms with van der Waals surface area (Å²) in [6.45, 7) is 4.63. The molecule has 0 fully saturated rings. The fraction of sp³-hybridized carbons (Fsp3) is 0.462. The number of nitrogens with zero attached hydrogens (tertiary/aromatic N) is 1. The van der Waals surface area contributed by atoms with Crippen LogP contribution in [-0.2, 0) is 6.54 Å². The summed E-state index contributed by atoms with van der Waals surface area (Å²) in [5.41, 5.74) is 0.867. The average Bonchev–Trinajstić information content (AvgIpc) is 2.41. The van der Waals surface area contributed by atoms with Crippen molar-refractivity contribution in [2.75, 3.05) is 19.7 Å². The van der Waals surface area contributed by atoms with Crippen LogP contribution in [0.1, 0.15) is 18.9 Å². The highest BCUT2D eigenvalue weighted by atomic mass is 19.1. The van der Waals surface area contributed by atoms with Crippen LogP contribution >= 0.6 is 0 Å². The highest BCUT2D eigenvalue weighted by Crippen LogP contribution is 2.18. The van der Waals surface area contributed by atoms with Crippen molar-refractivity contribution in [1.82, 2.24) is 10.6 Å². The monoisotopic (exact) mass is 251 g/mol. The first-order chi connectivity index (χ1) is 8.79. The number of ether oxygens (including phenoxy) is 1. The second-order valence-electron chi connectivity index (χ2n) is 4.06. The summed E-state index contributed by atoms with van der Waals surface area (Å²) in [5, 5.41) is 6.30. The van der Waals surface area contributed by atoms with Crippen molar-refractivity contribution in [2.24, 2.45) is 4.99 Å². The molecule has 0 bridgehead atoms. The van der Waals surface area contributed by atoms with Crippen LogP contribution in [0.2, 0.25) is 0 Å². The van der Waals surface area contributed by atoms with Gasteiger partial charge in [0.2, 0.25) is 0 Å². The number of rotatable bonds is 4. The van der Waals surface area contributed by atoms with Gasteiger partial charge in [0.1, 0.15) is 0 Å². The Hall–Kier alpha value is -1.78. The van der Waals surface area contributed by atoms with E-state index in [9.17, 15) is 4.39 Å². The summed E-state index contributed by atoms with van der Waals surface area (Å²) in [5.74, 6) is 0.764. The van der Waals surface area contributed by atoms with Crippen LogP contribution in [0, 0.1) is 5.82 Å². The van der Waals surface area contributed by atoms with Crippen molar-refractivity contribution in [1.29, 1.82) is 0 Å². The third kappa shape index (κ3) is 3.35. The number of hydrogen-bond donors (Lipinski definition) is 2. The molecule has 0 atom stereocenters. The molecule has 0 aromatic heterocycles. The first kappa shape index (κ1) is 12.7. The molecule has 0 amide bonds. The zero-order valence-electron chi connectivity index (χ0n) is 10.5. The Kier molecular flexibility index (Phi) is 4.39. The van der Waals surface area contributed by atoms with Crippen LogP contribution in [0.3, 0.4) is 0 Å². The van der Waals surface area contributed by atoms with Gasteiger partial charge in [0, 0.05) is 19.6 Å². The molecule has 18 heavy (non-hydrogen) atoms. The second-order valence-corrected chi connectivity index (χ2v) is 4.06. The topological polar surface area (TPSA) is 45.6 Å². The lowest BCUT2D eigenvalue weighted by atomic mass is 10.2. The molecular formula is C13H18FN3O. The van der Waals surface area contributed by atoms with Gasteiger partial charge in [0.25, 0.3) is 0 Å². The molecule has 4 nitrogen and oxygen atoms in total. The second kappa shape index (κ2) is 6.23. The molecule has 1 aromatic carbocycles. The van der Waals surface area contributed by atoms with Gasteiger partial charge in [0.05, 0.1) is 6.61 Å². The molecule has 0 unspecified atom stereocenters. The zero-order valence-corrected chi connectivity index (χ0v) is 10.5. The first-order valence-electron chi connectivity index (χ1n) is 6.23. The van der Waals surface area contributed by atoms with E-state index in [0.717, 1.165) is 31.0 Å². The van der Waals surface area contributed by atoms with E-state index in [0.29, 0.717) is 18.9 Å². The van der Waals surface area contributed by atoms with Crippen molar-refractivity contribution in [3.05, 3.63) is 29.6 Å². The summed E-state index contributed by atoms with van der Waals surface area (Å²) in [6, 6.07) is 5.00. The standard InChI is InChI=1S/C13H18FN3O/c1-2-18-12-5-4-10(8-11(12)14)9-17-13-15-6-3-7-16-13/h4-5,8H,2-3,6-7,9H2,1H3,(H2,15,16,17). The smallest absolute Gasteiger partial charge is 0.191 e. The number of halogens is 1. The number of nitrogens with one attached hydrogen (secondary N) is 2. The Morgan fingerprint density at radius 2 is 2.39 bits per heavy atom. The summed E-state index contributed by atoms with van der Waals surface area (Å²) in [6.07, 6.45) is 1.06. The minimum Gasteiger partial charge on any atom is -0.491 e. The third-order valence-corrected chi connectivity index (χ3v) is 2.65.